The van der Waals surface area contributed by atoms with Crippen LogP contribution in [0.4, 0.5) is 0 Å². The third-order valence-electron chi connectivity index (χ3n) is 12.1. The Hall–Kier alpha value is -7.89. The monoisotopic (exact) mass is 740 g/mol. The Balaban J connectivity index is 0.973. The molecule has 0 bridgehead atoms. The Bertz CT molecular complexity index is 3800. The van der Waals surface area contributed by atoms with Crippen LogP contribution >= 0.6 is 0 Å². The van der Waals surface area contributed by atoms with Crippen LogP contribution in [0.1, 0.15) is 0 Å². The SMILES string of the molecule is c1ccc(-n2c3ccc(-n4c5ccccc5c5cc(-c6ccc7c(c6)c6ccccc6n7-c6ccc7oc8ccccc8c7c6)ccc54)cc3c3ncccc32)cc1. The van der Waals surface area contributed by atoms with Gasteiger partial charge in [-0.25, -0.2) is 0 Å². The molecule has 5 heterocycles. The number of aromatic nitrogens is 4. The summed E-state index contributed by atoms with van der Waals surface area (Å²) in [5, 5.41) is 8.29. The minimum atomic E-state index is 0.901. The Labute approximate surface area is 331 Å². The lowest BCUT2D eigenvalue weighted by molar-refractivity contribution is 0.669. The van der Waals surface area contributed by atoms with Crippen molar-refractivity contribution >= 4 is 87.5 Å². The fourth-order valence-corrected chi connectivity index (χ4v) is 9.53. The fourth-order valence-electron chi connectivity index (χ4n) is 9.53. The maximum atomic E-state index is 6.18. The highest BCUT2D eigenvalue weighted by Crippen LogP contribution is 2.40. The van der Waals surface area contributed by atoms with Gasteiger partial charge in [-0.3, -0.25) is 4.98 Å². The van der Waals surface area contributed by atoms with Gasteiger partial charge in [-0.1, -0.05) is 84.9 Å². The Morgan fingerprint density at radius 3 is 1.52 bits per heavy atom. The molecular formula is C53H32N4O. The number of rotatable bonds is 4. The van der Waals surface area contributed by atoms with Gasteiger partial charge in [0, 0.05) is 61.0 Å². The van der Waals surface area contributed by atoms with Gasteiger partial charge >= 0.3 is 0 Å². The van der Waals surface area contributed by atoms with Crippen molar-refractivity contribution < 1.29 is 4.42 Å². The van der Waals surface area contributed by atoms with Gasteiger partial charge in [0.15, 0.2) is 0 Å². The fraction of sp³-hybridized carbons (Fsp3) is 0. The van der Waals surface area contributed by atoms with E-state index >= 15 is 0 Å². The molecule has 0 radical (unpaired) electrons. The van der Waals surface area contributed by atoms with Crippen LogP contribution < -0.4 is 0 Å². The molecule has 0 saturated carbocycles. The van der Waals surface area contributed by atoms with Crippen LogP contribution in [0.3, 0.4) is 0 Å². The molecule has 0 unspecified atom stereocenters. The molecule has 270 valence electrons. The van der Waals surface area contributed by atoms with Crippen LogP contribution in [0.15, 0.2) is 199 Å². The number of fused-ring (bicyclic) bond motifs is 12. The number of para-hydroxylation sites is 4. The number of pyridine rings is 1. The van der Waals surface area contributed by atoms with Gasteiger partial charge in [0.05, 0.1) is 38.6 Å². The molecule has 13 rings (SSSR count). The van der Waals surface area contributed by atoms with E-state index < -0.39 is 0 Å². The van der Waals surface area contributed by atoms with Crippen molar-refractivity contribution in [3.05, 3.63) is 194 Å². The van der Waals surface area contributed by atoms with Crippen molar-refractivity contribution in [3.63, 3.8) is 0 Å². The summed E-state index contributed by atoms with van der Waals surface area (Å²) in [5.41, 5.74) is 15.5. The summed E-state index contributed by atoms with van der Waals surface area (Å²) in [5.74, 6) is 0. The summed E-state index contributed by atoms with van der Waals surface area (Å²) in [6.45, 7) is 0. The molecule has 0 aliphatic rings. The van der Waals surface area contributed by atoms with Crippen LogP contribution in [0.5, 0.6) is 0 Å². The maximum absolute atomic E-state index is 6.18. The summed E-state index contributed by atoms with van der Waals surface area (Å²) in [7, 11) is 0. The van der Waals surface area contributed by atoms with E-state index in [9.17, 15) is 0 Å². The molecule has 0 N–H and O–H groups in total. The molecule has 58 heavy (non-hydrogen) atoms. The van der Waals surface area contributed by atoms with Gasteiger partial charge in [0.2, 0.25) is 0 Å². The van der Waals surface area contributed by atoms with E-state index in [4.69, 9.17) is 9.40 Å². The van der Waals surface area contributed by atoms with Gasteiger partial charge in [0.25, 0.3) is 0 Å². The molecule has 13 aromatic rings. The first-order valence-corrected chi connectivity index (χ1v) is 19.7. The van der Waals surface area contributed by atoms with Crippen LogP contribution in [-0.2, 0) is 0 Å². The zero-order valence-corrected chi connectivity index (χ0v) is 31.2. The summed E-state index contributed by atoms with van der Waals surface area (Å²) in [6, 6.07) is 67.7. The Morgan fingerprint density at radius 1 is 0.310 bits per heavy atom. The number of furan rings is 1. The molecule has 0 saturated heterocycles. The molecule has 0 fully saturated rings. The van der Waals surface area contributed by atoms with Gasteiger partial charge in [-0.05, 0) is 114 Å². The van der Waals surface area contributed by atoms with Crippen LogP contribution in [0, 0.1) is 0 Å². The largest absolute Gasteiger partial charge is 0.456 e. The second-order valence-electron chi connectivity index (χ2n) is 15.2. The minimum absolute atomic E-state index is 0.901. The molecule has 8 aromatic carbocycles. The summed E-state index contributed by atoms with van der Waals surface area (Å²) < 4.78 is 13.3. The zero-order chi connectivity index (χ0) is 37.9. The number of nitrogens with zero attached hydrogens (tertiary/aromatic N) is 4. The van der Waals surface area contributed by atoms with E-state index in [0.717, 1.165) is 60.9 Å². The highest BCUT2D eigenvalue weighted by Gasteiger charge is 2.19. The van der Waals surface area contributed by atoms with Crippen molar-refractivity contribution in [1.29, 1.82) is 0 Å². The van der Waals surface area contributed by atoms with Gasteiger partial charge < -0.3 is 18.1 Å². The zero-order valence-electron chi connectivity index (χ0n) is 31.2. The van der Waals surface area contributed by atoms with Crippen molar-refractivity contribution in [2.45, 2.75) is 0 Å². The molecule has 0 amide bonds. The molecule has 5 heteroatoms. The first-order chi connectivity index (χ1) is 28.8. The van der Waals surface area contributed by atoms with Gasteiger partial charge in [0.1, 0.15) is 11.2 Å². The van der Waals surface area contributed by atoms with Crippen molar-refractivity contribution in [3.8, 4) is 28.2 Å². The highest BCUT2D eigenvalue weighted by molar-refractivity contribution is 6.14. The van der Waals surface area contributed by atoms with Crippen LogP contribution in [0.2, 0.25) is 0 Å². The second kappa shape index (κ2) is 11.8. The smallest absolute Gasteiger partial charge is 0.135 e. The summed E-state index contributed by atoms with van der Waals surface area (Å²) >= 11 is 0. The lowest BCUT2D eigenvalue weighted by atomic mass is 10.0. The Morgan fingerprint density at radius 2 is 0.810 bits per heavy atom. The lowest BCUT2D eigenvalue weighted by Crippen LogP contribution is -1.95. The maximum Gasteiger partial charge on any atom is 0.135 e. The average molecular weight is 741 g/mol. The van der Waals surface area contributed by atoms with E-state index in [1.807, 2.05) is 24.4 Å². The molecule has 0 aliphatic carbocycles. The predicted molar refractivity (Wildman–Crippen MR) is 240 cm³/mol. The molecule has 0 atom stereocenters. The van der Waals surface area contributed by atoms with Crippen molar-refractivity contribution in [2.75, 3.05) is 0 Å². The number of benzene rings is 8. The summed E-state index contributed by atoms with van der Waals surface area (Å²) in [6.07, 6.45) is 1.89. The number of hydrogen-bond acceptors (Lipinski definition) is 2. The van der Waals surface area contributed by atoms with E-state index in [1.54, 1.807) is 0 Å². The first kappa shape index (κ1) is 31.3. The van der Waals surface area contributed by atoms with Gasteiger partial charge in [-0.15, -0.1) is 0 Å². The van der Waals surface area contributed by atoms with Gasteiger partial charge in [-0.2, -0.15) is 0 Å². The van der Waals surface area contributed by atoms with Crippen LogP contribution in [-0.4, -0.2) is 18.7 Å². The predicted octanol–water partition coefficient (Wildman–Crippen LogP) is 13.9. The first-order valence-electron chi connectivity index (χ1n) is 19.7. The average Bonchev–Trinajstić information content (AvgIpc) is 4.02. The summed E-state index contributed by atoms with van der Waals surface area (Å²) in [4.78, 5) is 4.89. The minimum Gasteiger partial charge on any atom is -0.456 e. The van der Waals surface area contributed by atoms with Crippen molar-refractivity contribution in [2.24, 2.45) is 0 Å². The molecular weight excluding hydrogens is 709 g/mol. The highest BCUT2D eigenvalue weighted by atomic mass is 16.3. The molecule has 5 nitrogen and oxygen atoms in total. The third kappa shape index (κ3) is 4.38. The quantitative estimate of drug-likeness (QED) is 0.180. The second-order valence-corrected chi connectivity index (χ2v) is 15.2. The number of hydrogen-bond donors (Lipinski definition) is 0. The van der Waals surface area contributed by atoms with E-state index in [-0.39, 0.29) is 0 Å². The van der Waals surface area contributed by atoms with E-state index in [2.05, 4.69) is 184 Å². The molecule has 0 aliphatic heterocycles. The third-order valence-corrected chi connectivity index (χ3v) is 12.1. The van der Waals surface area contributed by atoms with Crippen LogP contribution in [0.25, 0.3) is 116 Å². The van der Waals surface area contributed by atoms with Crippen molar-refractivity contribution in [1.82, 2.24) is 18.7 Å². The standard InChI is InChI=1S/C53H32N4O/c1-2-11-35(12-3-1)55-49-26-22-36(32-44(49)53-50(55)18-10-28-54-53)56-45-16-7-4-13-38(45)41-29-33(20-24-47(41)56)34-21-25-48-42(30-34)39-14-5-8-17-46(39)57(48)37-23-27-52-43(31-37)40-15-6-9-19-51(40)58-52/h1-32H. The molecule has 0 spiro atoms. The topological polar surface area (TPSA) is 40.8 Å². The molecule has 5 aromatic heterocycles. The Kier molecular flexibility index (Phi) is 6.38. The van der Waals surface area contributed by atoms with E-state index in [1.165, 1.54) is 54.7 Å². The van der Waals surface area contributed by atoms with E-state index in [0.29, 0.717) is 0 Å². The lowest BCUT2D eigenvalue weighted by Gasteiger charge is -2.11. The normalized spacial score (nSPS) is 12.1.